The smallest absolute Gasteiger partial charge is 0.451 e. The molecule has 1 aliphatic heterocycles. The van der Waals surface area contributed by atoms with E-state index in [1.54, 1.807) is 0 Å². The average molecular weight is 297 g/mol. The molecular formula is C15H28BNO4. The summed E-state index contributed by atoms with van der Waals surface area (Å²) in [6, 6.07) is 0. The molecule has 0 aromatic carbocycles. The van der Waals surface area contributed by atoms with Crippen LogP contribution in [0.3, 0.4) is 0 Å². The number of carbonyl (C=O) groups is 1. The van der Waals surface area contributed by atoms with E-state index < -0.39 is 13.1 Å². The lowest BCUT2D eigenvalue weighted by Crippen LogP contribution is -2.41. The first-order valence-corrected chi connectivity index (χ1v) is 8.37. The second-order valence-corrected chi connectivity index (χ2v) is 6.80. The third kappa shape index (κ3) is 5.27. The van der Waals surface area contributed by atoms with E-state index in [0.29, 0.717) is 18.7 Å². The second kappa shape index (κ2) is 8.15. The maximum Gasteiger partial charge on any atom is 0.451 e. The molecule has 120 valence electrons. The molecule has 0 radical (unpaired) electrons. The SMILES string of the molecule is O=C(O)[C@H]1CC(CCB(O)O)CCC1CN1CCCCC1. The Morgan fingerprint density at radius 3 is 2.48 bits per heavy atom. The van der Waals surface area contributed by atoms with Gasteiger partial charge in [-0.3, -0.25) is 4.79 Å². The average Bonchev–Trinajstić information content (AvgIpc) is 2.47. The topological polar surface area (TPSA) is 81.0 Å². The van der Waals surface area contributed by atoms with Crippen molar-refractivity contribution in [3.8, 4) is 0 Å². The van der Waals surface area contributed by atoms with Crippen molar-refractivity contribution < 1.29 is 19.9 Å². The molecule has 5 nitrogen and oxygen atoms in total. The van der Waals surface area contributed by atoms with Crippen LogP contribution in [-0.2, 0) is 4.79 Å². The van der Waals surface area contributed by atoms with E-state index in [0.717, 1.165) is 38.9 Å². The molecule has 1 saturated heterocycles. The van der Waals surface area contributed by atoms with Gasteiger partial charge in [-0.15, -0.1) is 0 Å². The number of carboxylic acid groups (broad SMARTS) is 1. The molecule has 3 atom stereocenters. The predicted molar refractivity (Wildman–Crippen MR) is 81.9 cm³/mol. The fourth-order valence-electron chi connectivity index (χ4n) is 3.96. The Kier molecular flexibility index (Phi) is 6.52. The van der Waals surface area contributed by atoms with Crippen LogP contribution in [0.5, 0.6) is 0 Å². The van der Waals surface area contributed by atoms with E-state index in [1.165, 1.54) is 19.3 Å². The summed E-state index contributed by atoms with van der Waals surface area (Å²) in [6.45, 7) is 3.15. The van der Waals surface area contributed by atoms with Gasteiger partial charge in [0.25, 0.3) is 0 Å². The van der Waals surface area contributed by atoms with Gasteiger partial charge in [0.2, 0.25) is 0 Å². The standard InChI is InChI=1S/C15H28BNO4/c18-15(19)14-10-12(6-7-16(20)21)4-5-13(14)11-17-8-2-1-3-9-17/h12-14,20-21H,1-11H2,(H,18,19)/t12?,13?,14-/m0/s1. The van der Waals surface area contributed by atoms with Crippen LogP contribution in [0.1, 0.15) is 44.9 Å². The van der Waals surface area contributed by atoms with E-state index in [1.807, 2.05) is 0 Å². The molecule has 6 heteroatoms. The molecule has 0 bridgehead atoms. The van der Waals surface area contributed by atoms with Gasteiger partial charge in [0.1, 0.15) is 0 Å². The van der Waals surface area contributed by atoms with Crippen molar-refractivity contribution in [2.24, 2.45) is 17.8 Å². The van der Waals surface area contributed by atoms with Gasteiger partial charge in [-0.05, 0) is 56.9 Å². The van der Waals surface area contributed by atoms with E-state index in [-0.39, 0.29) is 11.8 Å². The number of hydrogen-bond donors (Lipinski definition) is 3. The minimum Gasteiger partial charge on any atom is -0.481 e. The summed E-state index contributed by atoms with van der Waals surface area (Å²) in [5, 5.41) is 27.4. The van der Waals surface area contributed by atoms with Crippen molar-refractivity contribution in [3.05, 3.63) is 0 Å². The molecule has 1 aliphatic carbocycles. The lowest BCUT2D eigenvalue weighted by Gasteiger charge is -2.38. The molecule has 0 spiro atoms. The summed E-state index contributed by atoms with van der Waals surface area (Å²) in [5.41, 5.74) is 0. The Morgan fingerprint density at radius 2 is 1.86 bits per heavy atom. The highest BCUT2D eigenvalue weighted by Gasteiger charge is 2.36. The first kappa shape index (κ1) is 16.8. The fourth-order valence-corrected chi connectivity index (χ4v) is 3.96. The Hall–Kier alpha value is -0.585. The van der Waals surface area contributed by atoms with E-state index in [9.17, 15) is 9.90 Å². The zero-order valence-electron chi connectivity index (χ0n) is 12.8. The van der Waals surface area contributed by atoms with Crippen molar-refractivity contribution in [2.45, 2.75) is 51.3 Å². The summed E-state index contributed by atoms with van der Waals surface area (Å²) in [6.07, 6.45) is 7.53. The van der Waals surface area contributed by atoms with Crippen LogP contribution < -0.4 is 0 Å². The summed E-state index contributed by atoms with van der Waals surface area (Å²) in [4.78, 5) is 14.0. The van der Waals surface area contributed by atoms with Crippen LogP contribution in [0.25, 0.3) is 0 Å². The van der Waals surface area contributed by atoms with Gasteiger partial charge >= 0.3 is 13.1 Å². The highest BCUT2D eigenvalue weighted by Crippen LogP contribution is 2.37. The Bertz CT molecular complexity index is 334. The van der Waals surface area contributed by atoms with Crippen molar-refractivity contribution in [1.29, 1.82) is 0 Å². The lowest BCUT2D eigenvalue weighted by molar-refractivity contribution is -0.146. The van der Waals surface area contributed by atoms with Crippen LogP contribution in [0.2, 0.25) is 6.32 Å². The van der Waals surface area contributed by atoms with Crippen molar-refractivity contribution in [3.63, 3.8) is 0 Å². The Balaban J connectivity index is 1.85. The highest BCUT2D eigenvalue weighted by molar-refractivity contribution is 6.40. The van der Waals surface area contributed by atoms with Crippen molar-refractivity contribution >= 4 is 13.1 Å². The van der Waals surface area contributed by atoms with Crippen LogP contribution in [-0.4, -0.2) is 52.8 Å². The molecule has 1 saturated carbocycles. The zero-order valence-corrected chi connectivity index (χ0v) is 12.8. The second-order valence-electron chi connectivity index (χ2n) is 6.80. The number of piperidine rings is 1. The monoisotopic (exact) mass is 297 g/mol. The predicted octanol–water partition coefficient (Wildman–Crippen LogP) is 1.45. The lowest BCUT2D eigenvalue weighted by atomic mass is 9.69. The fraction of sp³-hybridized carbons (Fsp3) is 0.933. The minimum absolute atomic E-state index is 0.260. The minimum atomic E-state index is -1.26. The van der Waals surface area contributed by atoms with Gasteiger partial charge in [-0.2, -0.15) is 0 Å². The van der Waals surface area contributed by atoms with Crippen LogP contribution >= 0.6 is 0 Å². The maximum absolute atomic E-state index is 11.6. The number of nitrogens with zero attached hydrogens (tertiary/aromatic N) is 1. The third-order valence-corrected chi connectivity index (χ3v) is 5.19. The number of hydrogen-bond acceptors (Lipinski definition) is 4. The van der Waals surface area contributed by atoms with E-state index in [4.69, 9.17) is 10.0 Å². The molecule has 21 heavy (non-hydrogen) atoms. The van der Waals surface area contributed by atoms with Crippen molar-refractivity contribution in [2.75, 3.05) is 19.6 Å². The van der Waals surface area contributed by atoms with Crippen LogP contribution in [0.4, 0.5) is 0 Å². The third-order valence-electron chi connectivity index (χ3n) is 5.19. The van der Waals surface area contributed by atoms with Gasteiger partial charge < -0.3 is 20.1 Å². The molecule has 0 amide bonds. The van der Waals surface area contributed by atoms with Crippen LogP contribution in [0, 0.1) is 17.8 Å². The maximum atomic E-state index is 11.6. The Morgan fingerprint density at radius 1 is 1.14 bits per heavy atom. The normalized spacial score (nSPS) is 31.0. The van der Waals surface area contributed by atoms with Gasteiger partial charge in [-0.25, -0.2) is 0 Å². The highest BCUT2D eigenvalue weighted by atomic mass is 16.4. The summed E-state index contributed by atoms with van der Waals surface area (Å²) in [5.74, 6) is -0.353. The molecule has 2 fully saturated rings. The molecule has 2 aliphatic rings. The molecule has 2 rings (SSSR count). The van der Waals surface area contributed by atoms with Crippen LogP contribution in [0.15, 0.2) is 0 Å². The van der Waals surface area contributed by atoms with Gasteiger partial charge in [0.15, 0.2) is 0 Å². The van der Waals surface area contributed by atoms with Gasteiger partial charge in [-0.1, -0.05) is 19.3 Å². The first-order chi connectivity index (χ1) is 10.1. The number of likely N-dealkylation sites (tertiary alicyclic amines) is 1. The first-order valence-electron chi connectivity index (χ1n) is 8.37. The molecule has 1 heterocycles. The van der Waals surface area contributed by atoms with Crippen molar-refractivity contribution in [1.82, 2.24) is 4.90 Å². The number of carboxylic acids is 1. The van der Waals surface area contributed by atoms with E-state index in [2.05, 4.69) is 4.90 Å². The number of aliphatic carboxylic acids is 1. The largest absolute Gasteiger partial charge is 0.481 e. The molecule has 0 aromatic heterocycles. The van der Waals surface area contributed by atoms with E-state index >= 15 is 0 Å². The Labute approximate surface area is 127 Å². The van der Waals surface area contributed by atoms with Gasteiger partial charge in [0, 0.05) is 6.54 Å². The zero-order chi connectivity index (χ0) is 15.2. The molecular weight excluding hydrogens is 269 g/mol. The number of rotatable bonds is 6. The summed E-state index contributed by atoms with van der Waals surface area (Å²) < 4.78 is 0. The molecule has 2 unspecified atom stereocenters. The quantitative estimate of drug-likeness (QED) is 0.647. The molecule has 3 N–H and O–H groups in total. The summed E-state index contributed by atoms with van der Waals surface area (Å²) in [7, 11) is -1.26. The molecule has 0 aromatic rings. The van der Waals surface area contributed by atoms with Gasteiger partial charge in [0.05, 0.1) is 5.92 Å². The summed E-state index contributed by atoms with van der Waals surface area (Å²) >= 11 is 0.